The van der Waals surface area contributed by atoms with E-state index in [-0.39, 0.29) is 16.2 Å². The van der Waals surface area contributed by atoms with Crippen molar-refractivity contribution in [3.63, 3.8) is 0 Å². The summed E-state index contributed by atoms with van der Waals surface area (Å²) in [6.07, 6.45) is 1.74. The van der Waals surface area contributed by atoms with Gasteiger partial charge in [-0.25, -0.2) is 4.79 Å². The summed E-state index contributed by atoms with van der Waals surface area (Å²) >= 11 is 0. The lowest BCUT2D eigenvalue weighted by molar-refractivity contribution is -0.385. The minimum atomic E-state index is -0.407. The van der Waals surface area contributed by atoms with Crippen LogP contribution >= 0.6 is 0 Å². The lowest BCUT2D eigenvalue weighted by Crippen LogP contribution is -2.54. The Kier molecular flexibility index (Phi) is 5.50. The number of quaternary nitrogens is 1. The Morgan fingerprint density at radius 1 is 1.06 bits per heavy atom. The number of carbonyl (C=O) groups is 1. The zero-order valence-electron chi connectivity index (χ0n) is 18.3. The summed E-state index contributed by atoms with van der Waals surface area (Å²) in [6.45, 7) is 2.45. The van der Waals surface area contributed by atoms with Crippen LogP contribution in [0.3, 0.4) is 0 Å². The Morgan fingerprint density at radius 2 is 1.78 bits per heavy atom. The molecule has 4 rings (SSSR count). The number of amides is 2. The minimum Gasteiger partial charge on any atom is -0.381 e. The highest BCUT2D eigenvalue weighted by atomic mass is 16.6. The SMILES string of the molecule is CC1=Cc2c([N+](=O)[O-])cccc2[N+]1(C)C(=O)N(C)c1cccc(CNc2ccccc2)c1. The first-order chi connectivity index (χ1) is 15.3. The second-order valence-corrected chi connectivity index (χ2v) is 7.99. The number of benzene rings is 3. The highest BCUT2D eigenvalue weighted by Crippen LogP contribution is 2.44. The molecular formula is C25H25N4O3+. The van der Waals surface area contributed by atoms with Crippen molar-refractivity contribution in [1.29, 1.82) is 0 Å². The number of para-hydroxylation sites is 1. The molecule has 0 aliphatic carbocycles. The van der Waals surface area contributed by atoms with Crippen LogP contribution in [0.15, 0.2) is 78.5 Å². The van der Waals surface area contributed by atoms with Gasteiger partial charge in [0.05, 0.1) is 12.0 Å². The fourth-order valence-corrected chi connectivity index (χ4v) is 4.07. The number of nitrogens with zero attached hydrogens (tertiary/aromatic N) is 3. The molecule has 0 saturated carbocycles. The van der Waals surface area contributed by atoms with E-state index < -0.39 is 4.92 Å². The second-order valence-electron chi connectivity index (χ2n) is 7.99. The molecule has 3 aromatic carbocycles. The molecule has 1 N–H and O–H groups in total. The lowest BCUT2D eigenvalue weighted by atomic mass is 10.1. The van der Waals surface area contributed by atoms with Crippen LogP contribution in [-0.2, 0) is 6.54 Å². The van der Waals surface area contributed by atoms with Gasteiger partial charge >= 0.3 is 6.03 Å². The summed E-state index contributed by atoms with van der Waals surface area (Å²) < 4.78 is -0.139. The Morgan fingerprint density at radius 3 is 2.50 bits per heavy atom. The van der Waals surface area contributed by atoms with Gasteiger partial charge in [0.2, 0.25) is 0 Å². The Balaban J connectivity index is 1.60. The third-order valence-corrected chi connectivity index (χ3v) is 6.04. The average Bonchev–Trinajstić information content (AvgIpc) is 3.08. The van der Waals surface area contributed by atoms with Crippen LogP contribution in [0.25, 0.3) is 6.08 Å². The molecule has 0 bridgehead atoms. The molecule has 1 heterocycles. The standard InChI is InChI=1S/C25H25N4O3/c1-18-15-22-23(28(31)32)13-8-14-24(22)29(18,3)25(30)27(2)21-12-7-9-19(16-21)17-26-20-10-5-4-6-11-20/h4-16,26H,17H2,1-3H3/q+1. The van der Waals surface area contributed by atoms with Crippen molar-refractivity contribution in [3.8, 4) is 0 Å². The molecule has 0 saturated heterocycles. The normalized spacial score (nSPS) is 16.8. The minimum absolute atomic E-state index is 0.00753. The van der Waals surface area contributed by atoms with Gasteiger partial charge in [-0.05, 0) is 35.9 Å². The smallest absolute Gasteiger partial charge is 0.381 e. The van der Waals surface area contributed by atoms with Crippen LogP contribution in [0.5, 0.6) is 0 Å². The van der Waals surface area contributed by atoms with Crippen molar-refractivity contribution >= 4 is 34.9 Å². The molecule has 0 aromatic heterocycles. The lowest BCUT2D eigenvalue weighted by Gasteiger charge is -2.32. The number of anilines is 2. The molecule has 32 heavy (non-hydrogen) atoms. The van der Waals surface area contributed by atoms with E-state index in [9.17, 15) is 14.9 Å². The van der Waals surface area contributed by atoms with Crippen LogP contribution in [0.1, 0.15) is 18.1 Å². The van der Waals surface area contributed by atoms with Gasteiger partial charge in [-0.15, -0.1) is 0 Å². The number of allylic oxidation sites excluding steroid dienone is 1. The van der Waals surface area contributed by atoms with E-state index in [1.807, 2.05) is 61.5 Å². The molecule has 7 heteroatoms. The van der Waals surface area contributed by atoms with Crippen molar-refractivity contribution in [1.82, 2.24) is 4.48 Å². The van der Waals surface area contributed by atoms with Crippen LogP contribution < -0.4 is 14.7 Å². The number of carbonyl (C=O) groups excluding carboxylic acids is 1. The van der Waals surface area contributed by atoms with Crippen LogP contribution in [0.2, 0.25) is 0 Å². The van der Waals surface area contributed by atoms with E-state index >= 15 is 0 Å². The third-order valence-electron chi connectivity index (χ3n) is 6.04. The maximum atomic E-state index is 13.7. The van der Waals surface area contributed by atoms with E-state index in [1.54, 1.807) is 37.2 Å². The van der Waals surface area contributed by atoms with E-state index in [0.29, 0.717) is 17.8 Å². The van der Waals surface area contributed by atoms with Gasteiger partial charge in [0.15, 0.2) is 5.69 Å². The molecule has 1 atom stereocenters. The number of nitro groups is 1. The average molecular weight is 430 g/mol. The quantitative estimate of drug-likeness (QED) is 0.317. The highest BCUT2D eigenvalue weighted by molar-refractivity contribution is 6.05. The fraction of sp³-hybridized carbons (Fsp3) is 0.160. The summed E-state index contributed by atoms with van der Waals surface area (Å²) in [5.74, 6) is 0. The Labute approximate surface area is 186 Å². The fourth-order valence-electron chi connectivity index (χ4n) is 4.07. The third kappa shape index (κ3) is 3.63. The first-order valence-electron chi connectivity index (χ1n) is 10.3. The van der Waals surface area contributed by atoms with Gasteiger partial charge in [0.1, 0.15) is 11.3 Å². The molecule has 7 nitrogen and oxygen atoms in total. The second kappa shape index (κ2) is 8.28. The predicted octanol–water partition coefficient (Wildman–Crippen LogP) is 5.77. The van der Waals surface area contributed by atoms with Gasteiger partial charge in [0, 0.05) is 50.1 Å². The first-order valence-corrected chi connectivity index (χ1v) is 10.3. The Hall–Kier alpha value is -3.97. The number of nitrogens with one attached hydrogen (secondary N) is 1. The maximum absolute atomic E-state index is 13.7. The van der Waals surface area contributed by atoms with Gasteiger partial charge < -0.3 is 5.32 Å². The summed E-state index contributed by atoms with van der Waals surface area (Å²) in [7, 11) is 3.51. The molecule has 1 aliphatic rings. The summed E-state index contributed by atoms with van der Waals surface area (Å²) in [5, 5.41) is 14.8. The zero-order valence-corrected chi connectivity index (χ0v) is 18.3. The van der Waals surface area contributed by atoms with E-state index in [2.05, 4.69) is 5.32 Å². The molecule has 1 aliphatic heterocycles. The van der Waals surface area contributed by atoms with Gasteiger partial charge in [0.25, 0.3) is 5.69 Å². The number of nitro benzene ring substituents is 1. The molecular weight excluding hydrogens is 404 g/mol. The number of rotatable bonds is 5. The molecule has 1 unspecified atom stereocenters. The van der Waals surface area contributed by atoms with Crippen molar-refractivity contribution < 1.29 is 9.72 Å². The molecule has 0 radical (unpaired) electrons. The van der Waals surface area contributed by atoms with Gasteiger partial charge in [-0.2, -0.15) is 4.48 Å². The summed E-state index contributed by atoms with van der Waals surface area (Å²) in [4.78, 5) is 26.4. The highest BCUT2D eigenvalue weighted by Gasteiger charge is 2.47. The first kappa shape index (κ1) is 21.3. The molecule has 0 spiro atoms. The van der Waals surface area contributed by atoms with Gasteiger partial charge in [-0.3, -0.25) is 15.0 Å². The van der Waals surface area contributed by atoms with E-state index in [1.165, 1.54) is 6.07 Å². The van der Waals surface area contributed by atoms with Crippen molar-refractivity contribution in [2.45, 2.75) is 13.5 Å². The maximum Gasteiger partial charge on any atom is 0.433 e. The van der Waals surface area contributed by atoms with Gasteiger partial charge in [-0.1, -0.05) is 30.3 Å². The van der Waals surface area contributed by atoms with E-state index in [0.717, 1.165) is 22.6 Å². The van der Waals surface area contributed by atoms with Crippen LogP contribution in [0.4, 0.5) is 27.5 Å². The summed E-state index contributed by atoms with van der Waals surface area (Å²) in [5.41, 5.74) is 4.65. The largest absolute Gasteiger partial charge is 0.433 e. The molecule has 0 fully saturated rings. The zero-order chi connectivity index (χ0) is 22.9. The molecule has 2 amide bonds. The summed E-state index contributed by atoms with van der Waals surface area (Å²) in [6, 6.07) is 22.4. The predicted molar refractivity (Wildman–Crippen MR) is 128 cm³/mol. The Bertz CT molecular complexity index is 1220. The monoisotopic (exact) mass is 429 g/mol. The van der Waals surface area contributed by atoms with Crippen molar-refractivity contribution in [3.05, 3.63) is 99.7 Å². The number of hydrogen-bond acceptors (Lipinski definition) is 4. The molecule has 3 aromatic rings. The number of hydrogen-bond donors (Lipinski definition) is 1. The number of fused-ring (bicyclic) bond motifs is 1. The van der Waals surface area contributed by atoms with Crippen molar-refractivity contribution in [2.24, 2.45) is 0 Å². The van der Waals surface area contributed by atoms with Crippen LogP contribution in [-0.4, -0.2) is 25.0 Å². The topological polar surface area (TPSA) is 75.5 Å². The number of urea groups is 1. The van der Waals surface area contributed by atoms with Crippen LogP contribution in [0, 0.1) is 10.1 Å². The molecule has 162 valence electrons. The van der Waals surface area contributed by atoms with Crippen molar-refractivity contribution in [2.75, 3.05) is 24.3 Å². The van der Waals surface area contributed by atoms with E-state index in [4.69, 9.17) is 0 Å².